The number of benzene rings is 2. The minimum Gasteiger partial charge on any atom is -0.379 e. The second-order valence-corrected chi connectivity index (χ2v) is 7.24. The van der Waals surface area contributed by atoms with E-state index in [0.29, 0.717) is 13.1 Å². The van der Waals surface area contributed by atoms with Gasteiger partial charge in [-0.1, -0.05) is 52.3 Å². The minimum absolute atomic E-state index is 0.161. The average Bonchev–Trinajstić information content (AvgIpc) is 2.66. The molecule has 0 unspecified atom stereocenters. The summed E-state index contributed by atoms with van der Waals surface area (Å²) in [5.74, 6) is 0. The molecule has 0 atom stereocenters. The van der Waals surface area contributed by atoms with Gasteiger partial charge in [0.15, 0.2) is 0 Å². The van der Waals surface area contributed by atoms with E-state index in [0.717, 1.165) is 48.4 Å². The maximum absolute atomic E-state index is 12.1. The number of nitrogens with one attached hydrogen (secondary N) is 2. The molecule has 0 radical (unpaired) electrons. The van der Waals surface area contributed by atoms with Crippen LogP contribution in [0.1, 0.15) is 16.7 Å². The van der Waals surface area contributed by atoms with Crippen LogP contribution in [0.4, 0.5) is 4.79 Å². The Morgan fingerprint density at radius 2 is 1.73 bits per heavy atom. The van der Waals surface area contributed by atoms with Gasteiger partial charge in [-0.15, -0.1) is 0 Å². The van der Waals surface area contributed by atoms with Crippen molar-refractivity contribution >= 4 is 22.0 Å². The highest BCUT2D eigenvalue weighted by Crippen LogP contribution is 2.13. The fourth-order valence-corrected chi connectivity index (χ4v) is 3.40. The fraction of sp³-hybridized carbons (Fsp3) is 0.350. The summed E-state index contributed by atoms with van der Waals surface area (Å²) in [6.07, 6.45) is 0. The quantitative estimate of drug-likeness (QED) is 0.757. The van der Waals surface area contributed by atoms with Crippen LogP contribution in [0, 0.1) is 0 Å². The zero-order valence-electron chi connectivity index (χ0n) is 14.7. The minimum atomic E-state index is -0.161. The van der Waals surface area contributed by atoms with Crippen LogP contribution in [0.5, 0.6) is 0 Å². The average molecular weight is 418 g/mol. The molecule has 1 heterocycles. The highest BCUT2D eigenvalue weighted by Gasteiger charge is 2.13. The van der Waals surface area contributed by atoms with E-state index in [1.165, 1.54) is 5.56 Å². The van der Waals surface area contributed by atoms with E-state index >= 15 is 0 Å². The summed E-state index contributed by atoms with van der Waals surface area (Å²) in [6, 6.07) is 16.0. The summed E-state index contributed by atoms with van der Waals surface area (Å²) in [7, 11) is 0. The summed E-state index contributed by atoms with van der Waals surface area (Å²) in [6.45, 7) is 5.40. The Morgan fingerprint density at radius 3 is 2.50 bits per heavy atom. The number of morpholine rings is 1. The van der Waals surface area contributed by atoms with E-state index in [1.807, 2.05) is 36.4 Å². The molecule has 5 nitrogen and oxygen atoms in total. The number of carbonyl (C=O) groups is 1. The van der Waals surface area contributed by atoms with E-state index in [9.17, 15) is 4.79 Å². The molecule has 2 aromatic carbocycles. The number of ether oxygens (including phenoxy) is 1. The largest absolute Gasteiger partial charge is 0.379 e. The van der Waals surface area contributed by atoms with Crippen molar-refractivity contribution in [2.45, 2.75) is 19.6 Å². The zero-order chi connectivity index (χ0) is 18.2. The van der Waals surface area contributed by atoms with E-state index in [1.54, 1.807) is 0 Å². The topological polar surface area (TPSA) is 53.6 Å². The van der Waals surface area contributed by atoms with Gasteiger partial charge in [-0.25, -0.2) is 4.79 Å². The van der Waals surface area contributed by atoms with E-state index in [-0.39, 0.29) is 6.03 Å². The third-order valence-electron chi connectivity index (χ3n) is 4.40. The number of rotatable bonds is 6. The maximum atomic E-state index is 12.1. The second kappa shape index (κ2) is 9.71. The number of hydrogen-bond acceptors (Lipinski definition) is 3. The number of hydrogen-bond donors (Lipinski definition) is 2. The van der Waals surface area contributed by atoms with Gasteiger partial charge in [-0.05, 0) is 28.8 Å². The number of carbonyl (C=O) groups excluding carboxylic acids is 1. The van der Waals surface area contributed by atoms with Crippen LogP contribution in [-0.4, -0.2) is 37.2 Å². The first kappa shape index (κ1) is 18.9. The summed E-state index contributed by atoms with van der Waals surface area (Å²) in [4.78, 5) is 14.5. The maximum Gasteiger partial charge on any atom is 0.315 e. The summed E-state index contributed by atoms with van der Waals surface area (Å²) in [5, 5.41) is 5.86. The summed E-state index contributed by atoms with van der Waals surface area (Å²) >= 11 is 3.44. The Kier molecular flexibility index (Phi) is 7.05. The molecule has 6 heteroatoms. The molecule has 1 aliphatic rings. The third-order valence-corrected chi connectivity index (χ3v) is 4.89. The SMILES string of the molecule is O=C(NCc1cccc(Br)c1)NCc1ccccc1CN1CCOCC1. The lowest BCUT2D eigenvalue weighted by atomic mass is 10.1. The van der Waals surface area contributed by atoms with Gasteiger partial charge in [0.05, 0.1) is 13.2 Å². The van der Waals surface area contributed by atoms with Crippen molar-refractivity contribution in [3.8, 4) is 0 Å². The fourth-order valence-electron chi connectivity index (χ4n) is 2.95. The number of urea groups is 1. The van der Waals surface area contributed by atoms with Crippen LogP contribution in [0.2, 0.25) is 0 Å². The van der Waals surface area contributed by atoms with Crippen molar-refractivity contribution < 1.29 is 9.53 Å². The molecule has 0 saturated carbocycles. The van der Waals surface area contributed by atoms with Gasteiger partial charge in [0.1, 0.15) is 0 Å². The molecule has 26 heavy (non-hydrogen) atoms. The standard InChI is InChI=1S/C20H24BrN3O2/c21-19-7-3-4-16(12-19)13-22-20(25)23-14-17-5-1-2-6-18(17)15-24-8-10-26-11-9-24/h1-7,12H,8-11,13-15H2,(H2,22,23,25). The molecular formula is C20H24BrN3O2. The van der Waals surface area contributed by atoms with Gasteiger partial charge in [-0.2, -0.15) is 0 Å². The third kappa shape index (κ3) is 5.83. The number of nitrogens with zero attached hydrogens (tertiary/aromatic N) is 1. The highest BCUT2D eigenvalue weighted by atomic mass is 79.9. The second-order valence-electron chi connectivity index (χ2n) is 6.32. The van der Waals surface area contributed by atoms with Gasteiger partial charge in [-0.3, -0.25) is 4.90 Å². The Labute approximate surface area is 162 Å². The zero-order valence-corrected chi connectivity index (χ0v) is 16.3. The Morgan fingerprint density at radius 1 is 1.00 bits per heavy atom. The van der Waals surface area contributed by atoms with E-state index < -0.39 is 0 Å². The predicted octanol–water partition coefficient (Wildman–Crippen LogP) is 3.28. The van der Waals surface area contributed by atoms with Gasteiger partial charge in [0.25, 0.3) is 0 Å². The summed E-state index contributed by atoms with van der Waals surface area (Å²) < 4.78 is 6.42. The van der Waals surface area contributed by atoms with E-state index in [2.05, 4.69) is 43.6 Å². The highest BCUT2D eigenvalue weighted by molar-refractivity contribution is 9.10. The van der Waals surface area contributed by atoms with Gasteiger partial charge >= 0.3 is 6.03 Å². The Balaban J connectivity index is 1.50. The molecule has 2 amide bonds. The lowest BCUT2D eigenvalue weighted by molar-refractivity contribution is 0.0341. The van der Waals surface area contributed by atoms with Crippen molar-refractivity contribution in [3.63, 3.8) is 0 Å². The smallest absolute Gasteiger partial charge is 0.315 e. The first-order valence-electron chi connectivity index (χ1n) is 8.84. The normalized spacial score (nSPS) is 14.8. The van der Waals surface area contributed by atoms with Crippen molar-refractivity contribution in [2.75, 3.05) is 26.3 Å². The van der Waals surface area contributed by atoms with Crippen LogP contribution in [0.25, 0.3) is 0 Å². The van der Waals surface area contributed by atoms with Crippen LogP contribution in [0.15, 0.2) is 53.0 Å². The lowest BCUT2D eigenvalue weighted by Gasteiger charge is -2.27. The molecule has 2 N–H and O–H groups in total. The molecule has 1 fully saturated rings. The Bertz CT molecular complexity index is 733. The molecule has 0 aromatic heterocycles. The van der Waals surface area contributed by atoms with Crippen molar-refractivity contribution in [1.82, 2.24) is 15.5 Å². The van der Waals surface area contributed by atoms with E-state index in [4.69, 9.17) is 4.74 Å². The molecule has 3 rings (SSSR count). The molecule has 0 bridgehead atoms. The predicted molar refractivity (Wildman–Crippen MR) is 106 cm³/mol. The summed E-state index contributed by atoms with van der Waals surface area (Å²) in [5.41, 5.74) is 3.46. The first-order valence-corrected chi connectivity index (χ1v) is 9.63. The monoisotopic (exact) mass is 417 g/mol. The molecule has 1 aliphatic heterocycles. The van der Waals surface area contributed by atoms with Crippen LogP contribution < -0.4 is 10.6 Å². The van der Waals surface area contributed by atoms with Crippen molar-refractivity contribution in [3.05, 3.63) is 69.7 Å². The molecule has 138 valence electrons. The van der Waals surface area contributed by atoms with Gasteiger partial charge < -0.3 is 15.4 Å². The first-order chi connectivity index (χ1) is 12.7. The Hall–Kier alpha value is -1.89. The number of amides is 2. The molecule has 1 saturated heterocycles. The molecule has 0 spiro atoms. The van der Waals surface area contributed by atoms with Gasteiger partial charge in [0.2, 0.25) is 0 Å². The number of halogens is 1. The molecular weight excluding hydrogens is 394 g/mol. The molecule has 0 aliphatic carbocycles. The van der Waals surface area contributed by atoms with Crippen molar-refractivity contribution in [1.29, 1.82) is 0 Å². The van der Waals surface area contributed by atoms with Crippen LogP contribution in [0.3, 0.4) is 0 Å². The van der Waals surface area contributed by atoms with Crippen LogP contribution >= 0.6 is 15.9 Å². The van der Waals surface area contributed by atoms with Gasteiger partial charge in [0, 0.05) is 37.2 Å². The van der Waals surface area contributed by atoms with Crippen molar-refractivity contribution in [2.24, 2.45) is 0 Å². The lowest BCUT2D eigenvalue weighted by Crippen LogP contribution is -2.37. The molecule has 2 aromatic rings. The van der Waals surface area contributed by atoms with Crippen LogP contribution in [-0.2, 0) is 24.4 Å².